The molecule has 0 amide bonds. The first kappa shape index (κ1) is 17.2. The Bertz CT molecular complexity index is 1080. The maximum atomic E-state index is 13.7. The van der Waals surface area contributed by atoms with Crippen molar-refractivity contribution in [3.05, 3.63) is 70.0 Å². The number of benzene rings is 2. The highest BCUT2D eigenvalue weighted by Gasteiger charge is 2.18. The molecule has 27 heavy (non-hydrogen) atoms. The molecule has 0 bridgehead atoms. The van der Waals surface area contributed by atoms with E-state index in [2.05, 4.69) is 4.98 Å². The Morgan fingerprint density at radius 3 is 3.04 bits per heavy atom. The van der Waals surface area contributed by atoms with Gasteiger partial charge in [-0.05, 0) is 24.3 Å². The lowest BCUT2D eigenvalue weighted by molar-refractivity contribution is -0.145. The fourth-order valence-electron chi connectivity index (χ4n) is 2.93. The van der Waals surface area contributed by atoms with Crippen LogP contribution in [0.2, 0.25) is 0 Å². The van der Waals surface area contributed by atoms with Gasteiger partial charge in [0.05, 0.1) is 23.8 Å². The van der Waals surface area contributed by atoms with Gasteiger partial charge in [0.1, 0.15) is 24.7 Å². The van der Waals surface area contributed by atoms with Crippen LogP contribution in [0, 0.1) is 5.82 Å². The largest absolute Gasteiger partial charge is 0.467 e. The Morgan fingerprint density at radius 1 is 1.30 bits per heavy atom. The summed E-state index contributed by atoms with van der Waals surface area (Å²) in [4.78, 5) is 28.7. The summed E-state index contributed by atoms with van der Waals surface area (Å²) in [7, 11) is 0. The van der Waals surface area contributed by atoms with Gasteiger partial charge in [-0.1, -0.05) is 12.1 Å². The molecule has 0 radical (unpaired) electrons. The van der Waals surface area contributed by atoms with Crippen molar-refractivity contribution in [2.45, 2.75) is 19.8 Å². The van der Waals surface area contributed by atoms with E-state index >= 15 is 0 Å². The molecule has 2 aromatic carbocycles. The van der Waals surface area contributed by atoms with Gasteiger partial charge in [0, 0.05) is 11.1 Å². The van der Waals surface area contributed by atoms with Crippen LogP contribution in [0.25, 0.3) is 10.9 Å². The normalized spacial score (nSPS) is 13.1. The van der Waals surface area contributed by atoms with Gasteiger partial charge in [-0.25, -0.2) is 9.37 Å². The van der Waals surface area contributed by atoms with E-state index in [1.54, 1.807) is 24.3 Å². The molecular weight excluding hydrogens is 355 g/mol. The number of esters is 1. The lowest BCUT2D eigenvalue weighted by Crippen LogP contribution is -2.25. The quantitative estimate of drug-likeness (QED) is 0.655. The predicted octanol–water partition coefficient (Wildman–Crippen LogP) is 2.15. The van der Waals surface area contributed by atoms with Crippen molar-refractivity contribution in [3.8, 4) is 5.75 Å². The van der Waals surface area contributed by atoms with Crippen molar-refractivity contribution in [2.24, 2.45) is 0 Å². The van der Waals surface area contributed by atoms with Gasteiger partial charge in [0.2, 0.25) is 0 Å². The third-order valence-corrected chi connectivity index (χ3v) is 4.17. The Kier molecular flexibility index (Phi) is 4.55. The van der Waals surface area contributed by atoms with E-state index in [9.17, 15) is 14.0 Å². The summed E-state index contributed by atoms with van der Waals surface area (Å²) in [5.74, 6) is -0.650. The number of rotatable bonds is 4. The zero-order valence-electron chi connectivity index (χ0n) is 14.2. The summed E-state index contributed by atoms with van der Waals surface area (Å²) < 4.78 is 30.6. The van der Waals surface area contributed by atoms with E-state index in [0.29, 0.717) is 27.8 Å². The van der Waals surface area contributed by atoms with Gasteiger partial charge < -0.3 is 14.2 Å². The van der Waals surface area contributed by atoms with Crippen LogP contribution in [-0.4, -0.2) is 22.3 Å². The van der Waals surface area contributed by atoms with Crippen molar-refractivity contribution in [1.29, 1.82) is 0 Å². The first-order chi connectivity index (χ1) is 13.1. The Hall–Kier alpha value is -3.26. The van der Waals surface area contributed by atoms with E-state index in [-0.39, 0.29) is 32.1 Å². The number of carbonyl (C=O) groups excluding carboxylic acids is 1. The van der Waals surface area contributed by atoms with Crippen LogP contribution in [0.4, 0.5) is 4.39 Å². The van der Waals surface area contributed by atoms with Crippen LogP contribution in [0.15, 0.2) is 47.5 Å². The van der Waals surface area contributed by atoms with Crippen LogP contribution in [0.3, 0.4) is 0 Å². The van der Waals surface area contributed by atoms with E-state index in [4.69, 9.17) is 14.2 Å². The molecule has 1 aliphatic heterocycles. The maximum absolute atomic E-state index is 13.7. The van der Waals surface area contributed by atoms with Crippen LogP contribution in [0.5, 0.6) is 5.75 Å². The van der Waals surface area contributed by atoms with Gasteiger partial charge in [-0.3, -0.25) is 14.2 Å². The van der Waals surface area contributed by atoms with Crippen molar-refractivity contribution in [1.82, 2.24) is 9.55 Å². The van der Waals surface area contributed by atoms with Crippen molar-refractivity contribution in [2.75, 3.05) is 6.79 Å². The zero-order chi connectivity index (χ0) is 18.8. The molecule has 3 aromatic rings. The van der Waals surface area contributed by atoms with Gasteiger partial charge in [0.15, 0.2) is 6.79 Å². The number of hydrogen-bond donors (Lipinski definition) is 0. The standard InChI is InChI=1S/C19H15FN2O5/c20-14-5-12-8-25-11-27-18(12)13(6-14)9-26-17(23)7-22-10-21-16-4-2-1-3-15(16)19(22)24/h1-6,10H,7-9,11H2. The highest BCUT2D eigenvalue weighted by Crippen LogP contribution is 2.29. The number of nitrogens with zero attached hydrogens (tertiary/aromatic N) is 2. The number of ether oxygens (including phenoxy) is 3. The fourth-order valence-corrected chi connectivity index (χ4v) is 2.93. The van der Waals surface area contributed by atoms with Gasteiger partial charge >= 0.3 is 5.97 Å². The minimum Gasteiger partial charge on any atom is -0.467 e. The number of fused-ring (bicyclic) bond motifs is 2. The molecule has 0 spiro atoms. The second-order valence-corrected chi connectivity index (χ2v) is 6.02. The third-order valence-electron chi connectivity index (χ3n) is 4.17. The number of para-hydroxylation sites is 1. The molecule has 0 saturated heterocycles. The van der Waals surface area contributed by atoms with Gasteiger partial charge in [-0.2, -0.15) is 0 Å². The molecule has 1 aliphatic rings. The molecule has 0 aliphatic carbocycles. The minimum absolute atomic E-state index is 0.0533. The number of halogens is 1. The maximum Gasteiger partial charge on any atom is 0.326 e. The smallest absolute Gasteiger partial charge is 0.326 e. The molecule has 7 nitrogen and oxygen atoms in total. The van der Waals surface area contributed by atoms with Crippen LogP contribution >= 0.6 is 0 Å². The highest BCUT2D eigenvalue weighted by atomic mass is 19.1. The summed E-state index contributed by atoms with van der Waals surface area (Å²) in [6, 6.07) is 9.44. The minimum atomic E-state index is -0.640. The van der Waals surface area contributed by atoms with Crippen LogP contribution in [-0.2, 0) is 34.0 Å². The van der Waals surface area contributed by atoms with Crippen LogP contribution in [0.1, 0.15) is 11.1 Å². The van der Waals surface area contributed by atoms with Gasteiger partial charge in [0.25, 0.3) is 5.56 Å². The summed E-state index contributed by atoms with van der Waals surface area (Å²) in [6.45, 7) is -0.184. The summed E-state index contributed by atoms with van der Waals surface area (Å²) >= 11 is 0. The monoisotopic (exact) mass is 370 g/mol. The van der Waals surface area contributed by atoms with Crippen molar-refractivity contribution in [3.63, 3.8) is 0 Å². The molecule has 4 rings (SSSR count). The molecule has 0 saturated carbocycles. The third kappa shape index (κ3) is 3.52. The summed E-state index contributed by atoms with van der Waals surface area (Å²) in [6.07, 6.45) is 1.30. The second-order valence-electron chi connectivity index (χ2n) is 6.02. The first-order valence-electron chi connectivity index (χ1n) is 8.23. The fraction of sp³-hybridized carbons (Fsp3) is 0.211. The average molecular weight is 370 g/mol. The lowest BCUT2D eigenvalue weighted by Gasteiger charge is -2.20. The topological polar surface area (TPSA) is 79.7 Å². The molecule has 0 fully saturated rings. The Balaban J connectivity index is 1.49. The van der Waals surface area contributed by atoms with E-state index in [0.717, 1.165) is 0 Å². The molecular formula is C19H15FN2O5. The van der Waals surface area contributed by atoms with Crippen molar-refractivity contribution >= 4 is 16.9 Å². The molecule has 1 aromatic heterocycles. The lowest BCUT2D eigenvalue weighted by atomic mass is 10.1. The number of aromatic nitrogens is 2. The summed E-state index contributed by atoms with van der Waals surface area (Å²) in [5, 5.41) is 0.417. The number of carbonyl (C=O) groups is 1. The highest BCUT2D eigenvalue weighted by molar-refractivity contribution is 5.77. The Labute approximate surface area is 152 Å². The average Bonchev–Trinajstić information content (AvgIpc) is 2.68. The van der Waals surface area contributed by atoms with Crippen LogP contribution < -0.4 is 10.3 Å². The summed E-state index contributed by atoms with van der Waals surface area (Å²) in [5.41, 5.74) is 1.19. The molecule has 8 heteroatoms. The SMILES string of the molecule is O=C(Cn1cnc2ccccc2c1=O)OCc1cc(F)cc2c1OCOC2. The van der Waals surface area contributed by atoms with E-state index < -0.39 is 11.8 Å². The zero-order valence-corrected chi connectivity index (χ0v) is 14.2. The Morgan fingerprint density at radius 2 is 2.15 bits per heavy atom. The molecule has 138 valence electrons. The molecule has 0 N–H and O–H groups in total. The van der Waals surface area contributed by atoms with Crippen molar-refractivity contribution < 1.29 is 23.4 Å². The van der Waals surface area contributed by atoms with Gasteiger partial charge in [-0.15, -0.1) is 0 Å². The number of hydrogen-bond acceptors (Lipinski definition) is 6. The molecule has 2 heterocycles. The first-order valence-corrected chi connectivity index (χ1v) is 8.23. The molecule has 0 atom stereocenters. The second kappa shape index (κ2) is 7.16. The predicted molar refractivity (Wildman–Crippen MR) is 92.5 cm³/mol. The van der Waals surface area contributed by atoms with E-state index in [1.807, 2.05) is 0 Å². The van der Waals surface area contributed by atoms with E-state index in [1.165, 1.54) is 23.0 Å². The molecule has 0 unspecified atom stereocenters.